The molecule has 0 aliphatic carbocycles. The minimum Gasteiger partial charge on any atom is -0.456 e. The second-order valence-corrected chi connectivity index (χ2v) is 4.51. The SMILES string of the molecule is C[CH]c1ccc(Oc2ccc(C(F)(F)F)cc2Cl)cc1. The van der Waals surface area contributed by atoms with Crippen molar-refractivity contribution in [2.75, 3.05) is 0 Å². The molecule has 0 saturated heterocycles. The first-order valence-electron chi connectivity index (χ1n) is 5.84. The Labute approximate surface area is 119 Å². The molecule has 2 aromatic rings. The number of hydrogen-bond donors (Lipinski definition) is 0. The van der Waals surface area contributed by atoms with Crippen molar-refractivity contribution in [2.24, 2.45) is 0 Å². The Morgan fingerprint density at radius 2 is 1.70 bits per heavy atom. The van der Waals surface area contributed by atoms with Gasteiger partial charge in [-0.15, -0.1) is 0 Å². The Balaban J connectivity index is 2.21. The lowest BCUT2D eigenvalue weighted by Gasteiger charge is -2.11. The second kappa shape index (κ2) is 5.75. The van der Waals surface area contributed by atoms with Gasteiger partial charge in [0.15, 0.2) is 0 Å². The van der Waals surface area contributed by atoms with Gasteiger partial charge in [-0.25, -0.2) is 0 Å². The molecule has 20 heavy (non-hydrogen) atoms. The highest BCUT2D eigenvalue weighted by Crippen LogP contribution is 2.36. The van der Waals surface area contributed by atoms with Gasteiger partial charge in [-0.05, 0) is 42.3 Å². The van der Waals surface area contributed by atoms with Crippen molar-refractivity contribution < 1.29 is 17.9 Å². The normalized spacial score (nSPS) is 11.4. The number of alkyl halides is 3. The molecule has 0 aliphatic rings. The Bertz CT molecular complexity index is 591. The maximum absolute atomic E-state index is 12.5. The topological polar surface area (TPSA) is 9.23 Å². The van der Waals surface area contributed by atoms with Crippen LogP contribution in [-0.4, -0.2) is 0 Å². The van der Waals surface area contributed by atoms with E-state index in [1.54, 1.807) is 12.1 Å². The van der Waals surface area contributed by atoms with Gasteiger partial charge in [0.25, 0.3) is 0 Å². The average molecular weight is 300 g/mol. The van der Waals surface area contributed by atoms with Crippen molar-refractivity contribution >= 4 is 11.6 Å². The third-order valence-electron chi connectivity index (χ3n) is 2.70. The molecule has 5 heteroatoms. The predicted octanol–water partition coefficient (Wildman–Crippen LogP) is 5.72. The largest absolute Gasteiger partial charge is 0.456 e. The molecule has 0 spiro atoms. The van der Waals surface area contributed by atoms with E-state index in [4.69, 9.17) is 16.3 Å². The molecule has 0 fully saturated rings. The molecule has 1 radical (unpaired) electrons. The molecule has 0 unspecified atom stereocenters. The van der Waals surface area contributed by atoms with Crippen LogP contribution in [0.3, 0.4) is 0 Å². The Kier molecular flexibility index (Phi) is 4.23. The zero-order chi connectivity index (χ0) is 14.8. The van der Waals surface area contributed by atoms with E-state index in [-0.39, 0.29) is 10.8 Å². The van der Waals surface area contributed by atoms with E-state index >= 15 is 0 Å². The van der Waals surface area contributed by atoms with Gasteiger partial charge in [-0.3, -0.25) is 0 Å². The molecule has 0 saturated carbocycles. The molecule has 0 N–H and O–H groups in total. The number of ether oxygens (including phenoxy) is 1. The van der Waals surface area contributed by atoms with Crippen LogP contribution in [0, 0.1) is 6.42 Å². The summed E-state index contributed by atoms with van der Waals surface area (Å²) < 4.78 is 43.0. The van der Waals surface area contributed by atoms with Crippen molar-refractivity contribution in [2.45, 2.75) is 13.1 Å². The zero-order valence-electron chi connectivity index (χ0n) is 10.5. The van der Waals surface area contributed by atoms with Crippen LogP contribution in [0.2, 0.25) is 5.02 Å². The first-order valence-corrected chi connectivity index (χ1v) is 6.22. The van der Waals surface area contributed by atoms with E-state index in [9.17, 15) is 13.2 Å². The van der Waals surface area contributed by atoms with Crippen LogP contribution in [0.4, 0.5) is 13.2 Å². The van der Waals surface area contributed by atoms with Crippen molar-refractivity contribution in [1.82, 2.24) is 0 Å². The van der Waals surface area contributed by atoms with Crippen molar-refractivity contribution in [1.29, 1.82) is 0 Å². The fourth-order valence-electron chi connectivity index (χ4n) is 1.62. The average Bonchev–Trinajstić information content (AvgIpc) is 2.41. The summed E-state index contributed by atoms with van der Waals surface area (Å²) in [4.78, 5) is 0. The van der Waals surface area contributed by atoms with Crippen LogP contribution in [0.1, 0.15) is 18.1 Å². The molecule has 0 amide bonds. The summed E-state index contributed by atoms with van der Waals surface area (Å²) in [5, 5.41) is -0.0778. The van der Waals surface area contributed by atoms with Crippen molar-refractivity contribution in [3.05, 3.63) is 65.0 Å². The maximum atomic E-state index is 12.5. The lowest BCUT2D eigenvalue weighted by atomic mass is 10.2. The summed E-state index contributed by atoms with van der Waals surface area (Å²) in [6.45, 7) is 1.91. The van der Waals surface area contributed by atoms with Crippen LogP contribution in [0.5, 0.6) is 11.5 Å². The third kappa shape index (κ3) is 3.45. The predicted molar refractivity (Wildman–Crippen MR) is 72.0 cm³/mol. The quantitative estimate of drug-likeness (QED) is 0.704. The third-order valence-corrected chi connectivity index (χ3v) is 3.00. The van der Waals surface area contributed by atoms with Crippen LogP contribution < -0.4 is 4.74 Å². The first kappa shape index (κ1) is 14.7. The summed E-state index contributed by atoms with van der Waals surface area (Å²) in [5.41, 5.74) is 0.224. The molecular formula is C15H11ClF3O. The summed E-state index contributed by atoms with van der Waals surface area (Å²) in [7, 11) is 0. The zero-order valence-corrected chi connectivity index (χ0v) is 11.3. The highest BCUT2D eigenvalue weighted by atomic mass is 35.5. The van der Waals surface area contributed by atoms with Crippen molar-refractivity contribution in [3.63, 3.8) is 0 Å². The van der Waals surface area contributed by atoms with E-state index in [2.05, 4.69) is 0 Å². The highest BCUT2D eigenvalue weighted by Gasteiger charge is 2.31. The summed E-state index contributed by atoms with van der Waals surface area (Å²) in [6, 6.07) is 10.1. The molecule has 105 valence electrons. The van der Waals surface area contributed by atoms with Crippen LogP contribution in [0.25, 0.3) is 0 Å². The van der Waals surface area contributed by atoms with Gasteiger partial charge < -0.3 is 4.74 Å². The lowest BCUT2D eigenvalue weighted by molar-refractivity contribution is -0.137. The van der Waals surface area contributed by atoms with Gasteiger partial charge in [0.05, 0.1) is 10.6 Å². The van der Waals surface area contributed by atoms with Crippen LogP contribution in [-0.2, 0) is 6.18 Å². The minimum absolute atomic E-state index is 0.0778. The lowest BCUT2D eigenvalue weighted by Crippen LogP contribution is -2.04. The maximum Gasteiger partial charge on any atom is 0.416 e. The molecule has 0 aliphatic heterocycles. The van der Waals surface area contributed by atoms with Crippen LogP contribution >= 0.6 is 11.6 Å². The Hall–Kier alpha value is -1.68. The van der Waals surface area contributed by atoms with Gasteiger partial charge >= 0.3 is 6.18 Å². The number of halogens is 4. The second-order valence-electron chi connectivity index (χ2n) is 4.10. The van der Waals surface area contributed by atoms with E-state index in [1.165, 1.54) is 6.07 Å². The smallest absolute Gasteiger partial charge is 0.416 e. The van der Waals surface area contributed by atoms with E-state index in [0.29, 0.717) is 5.75 Å². The number of rotatable bonds is 3. The summed E-state index contributed by atoms with van der Waals surface area (Å²) in [6.07, 6.45) is -2.49. The molecule has 2 aromatic carbocycles. The van der Waals surface area contributed by atoms with Gasteiger partial charge in [0, 0.05) is 0 Å². The number of hydrogen-bond acceptors (Lipinski definition) is 1. The fraction of sp³-hybridized carbons (Fsp3) is 0.133. The highest BCUT2D eigenvalue weighted by molar-refractivity contribution is 6.32. The molecule has 0 aromatic heterocycles. The standard InChI is InChI=1S/C15H11ClF3O/c1-2-10-3-6-12(7-4-10)20-14-8-5-11(9-13(14)16)15(17,18)19/h2-9H,1H3. The monoisotopic (exact) mass is 299 g/mol. The van der Waals surface area contributed by atoms with Gasteiger partial charge in [-0.2, -0.15) is 13.2 Å². The van der Waals surface area contributed by atoms with E-state index in [1.807, 2.05) is 25.5 Å². The molecular weight excluding hydrogens is 289 g/mol. The molecule has 0 bridgehead atoms. The summed E-state index contributed by atoms with van der Waals surface area (Å²) >= 11 is 5.81. The Morgan fingerprint density at radius 1 is 1.05 bits per heavy atom. The summed E-state index contributed by atoms with van der Waals surface area (Å²) in [5.74, 6) is 0.699. The van der Waals surface area contributed by atoms with Crippen LogP contribution in [0.15, 0.2) is 42.5 Å². The van der Waals surface area contributed by atoms with E-state index in [0.717, 1.165) is 17.7 Å². The van der Waals surface area contributed by atoms with Gasteiger partial charge in [0.2, 0.25) is 0 Å². The fourth-order valence-corrected chi connectivity index (χ4v) is 1.83. The van der Waals surface area contributed by atoms with Crippen molar-refractivity contribution in [3.8, 4) is 11.5 Å². The van der Waals surface area contributed by atoms with Gasteiger partial charge in [-0.1, -0.05) is 30.7 Å². The molecule has 1 nitrogen and oxygen atoms in total. The molecule has 0 atom stereocenters. The number of benzene rings is 2. The van der Waals surface area contributed by atoms with Gasteiger partial charge in [0.1, 0.15) is 11.5 Å². The first-order chi connectivity index (χ1) is 9.40. The van der Waals surface area contributed by atoms with E-state index < -0.39 is 11.7 Å². The minimum atomic E-state index is -4.42. The molecule has 0 heterocycles. The Morgan fingerprint density at radius 3 is 2.20 bits per heavy atom. The molecule has 2 rings (SSSR count).